The first kappa shape index (κ1) is 14.8. The summed E-state index contributed by atoms with van der Waals surface area (Å²) in [5, 5.41) is 0. The highest BCUT2D eigenvalue weighted by molar-refractivity contribution is 5.67. The summed E-state index contributed by atoms with van der Waals surface area (Å²) in [5.74, 6) is 0. The van der Waals surface area contributed by atoms with E-state index in [0.717, 1.165) is 22.6 Å². The van der Waals surface area contributed by atoms with Crippen LogP contribution in [-0.4, -0.2) is 9.38 Å². The van der Waals surface area contributed by atoms with Gasteiger partial charge in [0.2, 0.25) is 0 Å². The van der Waals surface area contributed by atoms with E-state index in [9.17, 15) is 0 Å². The van der Waals surface area contributed by atoms with Crippen molar-refractivity contribution in [3.63, 3.8) is 0 Å². The fraction of sp³-hybridized carbons (Fsp3) is 0.316. The van der Waals surface area contributed by atoms with Gasteiger partial charge in [-0.1, -0.05) is 51.1 Å². The van der Waals surface area contributed by atoms with E-state index in [1.54, 1.807) is 0 Å². The zero-order valence-electron chi connectivity index (χ0n) is 13.7. The van der Waals surface area contributed by atoms with Gasteiger partial charge >= 0.3 is 0 Å². The van der Waals surface area contributed by atoms with Gasteiger partial charge in [-0.15, -0.1) is 0 Å². The van der Waals surface area contributed by atoms with Crippen molar-refractivity contribution in [2.45, 2.75) is 39.7 Å². The van der Waals surface area contributed by atoms with Gasteiger partial charge in [0.05, 0.1) is 11.4 Å². The molecule has 3 heteroatoms. The minimum Gasteiger partial charge on any atom is -0.325 e. The summed E-state index contributed by atoms with van der Waals surface area (Å²) < 4.78 is 2.10. The van der Waals surface area contributed by atoms with Crippen LogP contribution >= 0.6 is 0 Å². The second kappa shape index (κ2) is 5.25. The highest BCUT2D eigenvalue weighted by atomic mass is 15.0. The molecule has 0 bridgehead atoms. The second-order valence-corrected chi connectivity index (χ2v) is 6.87. The lowest BCUT2D eigenvalue weighted by Crippen LogP contribution is -2.10. The molecular formula is C19H23N3. The Hall–Kier alpha value is -2.13. The molecule has 0 atom stereocenters. The summed E-state index contributed by atoms with van der Waals surface area (Å²) in [6, 6.07) is 12.8. The minimum atomic E-state index is 0.158. The predicted molar refractivity (Wildman–Crippen MR) is 92.0 cm³/mol. The molecule has 2 aromatic heterocycles. The maximum Gasteiger partial charge on any atom is 0.137 e. The third-order valence-electron chi connectivity index (χ3n) is 4.08. The Labute approximate surface area is 131 Å². The van der Waals surface area contributed by atoms with Gasteiger partial charge in [0.25, 0.3) is 0 Å². The van der Waals surface area contributed by atoms with Crippen LogP contribution in [0.25, 0.3) is 16.9 Å². The van der Waals surface area contributed by atoms with Crippen molar-refractivity contribution in [3.05, 3.63) is 59.4 Å². The highest BCUT2D eigenvalue weighted by Crippen LogP contribution is 2.28. The molecule has 0 aliphatic rings. The molecule has 0 saturated carbocycles. The average molecular weight is 293 g/mol. The lowest BCUT2D eigenvalue weighted by atomic mass is 9.86. The highest BCUT2D eigenvalue weighted by Gasteiger charge is 2.16. The topological polar surface area (TPSA) is 43.3 Å². The minimum absolute atomic E-state index is 0.158. The number of nitrogens with zero attached hydrogens (tertiary/aromatic N) is 2. The molecule has 114 valence electrons. The van der Waals surface area contributed by atoms with Gasteiger partial charge in [-0.3, -0.25) is 0 Å². The Morgan fingerprint density at radius 2 is 1.73 bits per heavy atom. The molecule has 0 unspecified atom stereocenters. The first-order valence-electron chi connectivity index (χ1n) is 7.69. The second-order valence-electron chi connectivity index (χ2n) is 6.87. The van der Waals surface area contributed by atoms with Gasteiger partial charge < -0.3 is 10.1 Å². The summed E-state index contributed by atoms with van der Waals surface area (Å²) in [4.78, 5) is 4.77. The molecular weight excluding hydrogens is 270 g/mol. The Morgan fingerprint density at radius 1 is 1.05 bits per heavy atom. The van der Waals surface area contributed by atoms with Crippen LogP contribution in [0.4, 0.5) is 0 Å². The Balaban J connectivity index is 2.13. The van der Waals surface area contributed by atoms with Gasteiger partial charge in [-0.25, -0.2) is 4.98 Å². The van der Waals surface area contributed by atoms with Crippen molar-refractivity contribution in [1.82, 2.24) is 9.38 Å². The zero-order chi connectivity index (χ0) is 15.9. The molecule has 2 heterocycles. The summed E-state index contributed by atoms with van der Waals surface area (Å²) in [7, 11) is 0. The van der Waals surface area contributed by atoms with E-state index in [1.165, 1.54) is 11.1 Å². The van der Waals surface area contributed by atoms with Crippen LogP contribution in [0.2, 0.25) is 0 Å². The van der Waals surface area contributed by atoms with Crippen LogP contribution < -0.4 is 5.73 Å². The van der Waals surface area contributed by atoms with Crippen molar-refractivity contribution in [1.29, 1.82) is 0 Å². The lowest BCUT2D eigenvalue weighted by molar-refractivity contribution is 0.590. The van der Waals surface area contributed by atoms with E-state index in [4.69, 9.17) is 10.7 Å². The van der Waals surface area contributed by atoms with E-state index in [2.05, 4.69) is 68.6 Å². The van der Waals surface area contributed by atoms with Crippen LogP contribution in [-0.2, 0) is 12.0 Å². The molecule has 3 aromatic rings. The molecule has 0 amide bonds. The van der Waals surface area contributed by atoms with Crippen LogP contribution in [0.3, 0.4) is 0 Å². The lowest BCUT2D eigenvalue weighted by Gasteiger charge is -2.19. The van der Waals surface area contributed by atoms with Crippen LogP contribution in [0.5, 0.6) is 0 Å². The fourth-order valence-electron chi connectivity index (χ4n) is 2.75. The number of imidazole rings is 1. The molecule has 0 spiro atoms. The van der Waals surface area contributed by atoms with Gasteiger partial charge in [0, 0.05) is 18.3 Å². The quantitative estimate of drug-likeness (QED) is 0.774. The van der Waals surface area contributed by atoms with Crippen LogP contribution in [0, 0.1) is 6.92 Å². The number of aryl methyl sites for hydroxylation is 1. The van der Waals surface area contributed by atoms with Crippen molar-refractivity contribution in [2.75, 3.05) is 0 Å². The number of pyridine rings is 1. The number of benzene rings is 1. The molecule has 0 aliphatic heterocycles. The van der Waals surface area contributed by atoms with Gasteiger partial charge in [-0.2, -0.15) is 0 Å². The molecule has 0 aliphatic carbocycles. The van der Waals surface area contributed by atoms with Crippen LogP contribution in [0.15, 0.2) is 42.6 Å². The first-order valence-corrected chi connectivity index (χ1v) is 7.69. The van der Waals surface area contributed by atoms with Crippen LogP contribution in [0.1, 0.15) is 37.6 Å². The Morgan fingerprint density at radius 3 is 2.32 bits per heavy atom. The van der Waals surface area contributed by atoms with Crippen molar-refractivity contribution >= 4 is 5.65 Å². The number of hydrogen-bond acceptors (Lipinski definition) is 2. The molecule has 3 rings (SSSR count). The van der Waals surface area contributed by atoms with E-state index < -0.39 is 0 Å². The number of nitrogens with two attached hydrogens (primary N) is 1. The number of aromatic nitrogens is 2. The van der Waals surface area contributed by atoms with E-state index >= 15 is 0 Å². The standard InChI is InChI=1S/C19H23N3/c1-13-5-10-17-21-18(16(11-20)22(17)12-13)14-6-8-15(9-7-14)19(2,3)4/h5-10,12H,11,20H2,1-4H3. The summed E-state index contributed by atoms with van der Waals surface area (Å²) in [5.41, 5.74) is 12.8. The Kier molecular flexibility index (Phi) is 3.53. The summed E-state index contributed by atoms with van der Waals surface area (Å²) in [6.45, 7) is 9.22. The van der Waals surface area contributed by atoms with Crippen molar-refractivity contribution in [2.24, 2.45) is 5.73 Å². The predicted octanol–water partition coefficient (Wildman–Crippen LogP) is 4.07. The van der Waals surface area contributed by atoms with Crippen molar-refractivity contribution < 1.29 is 0 Å². The number of hydrogen-bond donors (Lipinski definition) is 1. The van der Waals surface area contributed by atoms with E-state index in [0.29, 0.717) is 6.54 Å². The average Bonchev–Trinajstić information content (AvgIpc) is 2.84. The summed E-state index contributed by atoms with van der Waals surface area (Å²) in [6.07, 6.45) is 2.09. The third kappa shape index (κ3) is 2.53. The Bertz CT molecular complexity index is 805. The fourth-order valence-corrected chi connectivity index (χ4v) is 2.75. The molecule has 22 heavy (non-hydrogen) atoms. The molecule has 0 radical (unpaired) electrons. The van der Waals surface area contributed by atoms with Gasteiger partial charge in [0.15, 0.2) is 0 Å². The normalized spacial score (nSPS) is 12.0. The van der Waals surface area contributed by atoms with Gasteiger partial charge in [-0.05, 0) is 29.5 Å². The third-order valence-corrected chi connectivity index (χ3v) is 4.08. The van der Waals surface area contributed by atoms with E-state index in [1.807, 2.05) is 6.07 Å². The largest absolute Gasteiger partial charge is 0.325 e. The maximum absolute atomic E-state index is 5.99. The smallest absolute Gasteiger partial charge is 0.137 e. The molecule has 0 fully saturated rings. The first-order chi connectivity index (χ1) is 10.4. The maximum atomic E-state index is 5.99. The molecule has 3 nitrogen and oxygen atoms in total. The van der Waals surface area contributed by atoms with Gasteiger partial charge in [0.1, 0.15) is 5.65 Å². The SMILES string of the molecule is Cc1ccc2nc(-c3ccc(C(C)(C)C)cc3)c(CN)n2c1. The molecule has 0 saturated heterocycles. The number of fused-ring (bicyclic) bond motifs is 1. The monoisotopic (exact) mass is 293 g/mol. The van der Waals surface area contributed by atoms with Crippen molar-refractivity contribution in [3.8, 4) is 11.3 Å². The summed E-state index contributed by atoms with van der Waals surface area (Å²) >= 11 is 0. The molecule has 1 aromatic carbocycles. The number of rotatable bonds is 2. The zero-order valence-corrected chi connectivity index (χ0v) is 13.7. The van der Waals surface area contributed by atoms with E-state index in [-0.39, 0.29) is 5.41 Å². The molecule has 2 N–H and O–H groups in total.